The summed E-state index contributed by atoms with van der Waals surface area (Å²) in [5, 5.41) is 1.11. The molecule has 28 heavy (non-hydrogen) atoms. The third-order valence-electron chi connectivity index (χ3n) is 5.16. The van der Waals surface area contributed by atoms with Gasteiger partial charge in [-0.15, -0.1) is 0 Å². The first-order valence-electron chi connectivity index (χ1n) is 9.77. The van der Waals surface area contributed by atoms with Crippen molar-refractivity contribution in [2.45, 2.75) is 26.1 Å². The number of nitrogens with one attached hydrogen (secondary N) is 1. The predicted octanol–water partition coefficient (Wildman–Crippen LogP) is 3.46. The van der Waals surface area contributed by atoms with E-state index in [1.54, 1.807) is 0 Å². The van der Waals surface area contributed by atoms with Crippen LogP contribution in [0.5, 0.6) is 0 Å². The van der Waals surface area contributed by atoms with Gasteiger partial charge in [0, 0.05) is 30.2 Å². The zero-order valence-corrected chi connectivity index (χ0v) is 16.2. The SMILES string of the molecule is Cc1cccc(COCC2CN(C(=O)Cc3c[nH]c4ccccc34)CCO2)c1. The van der Waals surface area contributed by atoms with Gasteiger partial charge in [-0.25, -0.2) is 0 Å². The molecule has 0 aliphatic carbocycles. The number of benzene rings is 2. The molecule has 0 bridgehead atoms. The van der Waals surface area contributed by atoms with Crippen LogP contribution in [0.4, 0.5) is 0 Å². The second kappa shape index (κ2) is 8.59. The van der Waals surface area contributed by atoms with Crippen LogP contribution >= 0.6 is 0 Å². The van der Waals surface area contributed by atoms with Gasteiger partial charge < -0.3 is 19.4 Å². The molecule has 1 amide bonds. The number of rotatable bonds is 6. The third-order valence-corrected chi connectivity index (χ3v) is 5.16. The Bertz CT molecular complexity index is 950. The lowest BCUT2D eigenvalue weighted by molar-refractivity contribution is -0.140. The topological polar surface area (TPSA) is 54.6 Å². The molecular weight excluding hydrogens is 352 g/mol. The van der Waals surface area contributed by atoms with E-state index in [2.05, 4.69) is 36.2 Å². The van der Waals surface area contributed by atoms with E-state index < -0.39 is 0 Å². The average molecular weight is 378 g/mol. The average Bonchev–Trinajstić information content (AvgIpc) is 3.11. The van der Waals surface area contributed by atoms with Crippen molar-refractivity contribution in [3.05, 3.63) is 71.4 Å². The molecule has 1 aliphatic rings. The molecule has 146 valence electrons. The quantitative estimate of drug-likeness (QED) is 0.715. The second-order valence-corrected chi connectivity index (χ2v) is 7.37. The molecule has 4 rings (SSSR count). The highest BCUT2D eigenvalue weighted by atomic mass is 16.5. The normalized spacial score (nSPS) is 17.2. The van der Waals surface area contributed by atoms with Crippen LogP contribution in [-0.4, -0.2) is 48.2 Å². The molecule has 1 unspecified atom stereocenters. The summed E-state index contributed by atoms with van der Waals surface area (Å²) in [6, 6.07) is 16.4. The van der Waals surface area contributed by atoms with Gasteiger partial charge in [0.25, 0.3) is 0 Å². The van der Waals surface area contributed by atoms with E-state index in [-0.39, 0.29) is 12.0 Å². The summed E-state index contributed by atoms with van der Waals surface area (Å²) in [5.41, 5.74) is 4.49. The monoisotopic (exact) mass is 378 g/mol. The van der Waals surface area contributed by atoms with Crippen molar-refractivity contribution in [2.75, 3.05) is 26.3 Å². The first-order valence-corrected chi connectivity index (χ1v) is 9.77. The Morgan fingerprint density at radius 2 is 2.14 bits per heavy atom. The van der Waals surface area contributed by atoms with Gasteiger partial charge in [-0.2, -0.15) is 0 Å². The lowest BCUT2D eigenvalue weighted by atomic mass is 10.1. The number of hydrogen-bond acceptors (Lipinski definition) is 3. The molecule has 0 saturated carbocycles. The molecule has 1 N–H and O–H groups in total. The van der Waals surface area contributed by atoms with Crippen molar-refractivity contribution in [2.24, 2.45) is 0 Å². The van der Waals surface area contributed by atoms with Crippen LogP contribution < -0.4 is 0 Å². The molecule has 1 saturated heterocycles. The Morgan fingerprint density at radius 1 is 1.25 bits per heavy atom. The molecule has 1 fully saturated rings. The Morgan fingerprint density at radius 3 is 3.04 bits per heavy atom. The first kappa shape index (κ1) is 18.7. The number of hydrogen-bond donors (Lipinski definition) is 1. The summed E-state index contributed by atoms with van der Waals surface area (Å²) in [5.74, 6) is 0.136. The minimum absolute atomic E-state index is 0.0783. The van der Waals surface area contributed by atoms with E-state index in [0.29, 0.717) is 39.3 Å². The van der Waals surface area contributed by atoms with Crippen molar-refractivity contribution in [3.8, 4) is 0 Å². The van der Waals surface area contributed by atoms with Crippen molar-refractivity contribution in [1.82, 2.24) is 9.88 Å². The van der Waals surface area contributed by atoms with Gasteiger partial charge in [-0.1, -0.05) is 48.0 Å². The van der Waals surface area contributed by atoms with Gasteiger partial charge in [-0.05, 0) is 24.1 Å². The lowest BCUT2D eigenvalue weighted by Crippen LogP contribution is -2.47. The summed E-state index contributed by atoms with van der Waals surface area (Å²) >= 11 is 0. The Balaban J connectivity index is 1.30. The summed E-state index contributed by atoms with van der Waals surface area (Å²) < 4.78 is 11.6. The van der Waals surface area contributed by atoms with E-state index in [0.717, 1.165) is 22.0 Å². The summed E-state index contributed by atoms with van der Waals surface area (Å²) in [4.78, 5) is 17.9. The molecule has 2 aromatic carbocycles. The highest BCUT2D eigenvalue weighted by Gasteiger charge is 2.25. The molecule has 1 aliphatic heterocycles. The number of aryl methyl sites for hydroxylation is 1. The van der Waals surface area contributed by atoms with Crippen LogP contribution in [0.3, 0.4) is 0 Å². The van der Waals surface area contributed by atoms with E-state index in [9.17, 15) is 4.79 Å². The van der Waals surface area contributed by atoms with E-state index in [4.69, 9.17) is 9.47 Å². The summed E-state index contributed by atoms with van der Waals surface area (Å²) in [7, 11) is 0. The maximum Gasteiger partial charge on any atom is 0.227 e. The maximum atomic E-state index is 12.8. The van der Waals surface area contributed by atoms with Gasteiger partial charge in [0.05, 0.1) is 32.3 Å². The van der Waals surface area contributed by atoms with Gasteiger partial charge in [0.1, 0.15) is 0 Å². The standard InChI is InChI=1S/C23H26N2O3/c1-17-5-4-6-18(11-17)15-27-16-20-14-25(9-10-28-20)23(26)12-19-13-24-22-8-3-2-7-21(19)22/h2-8,11,13,20,24H,9-10,12,14-16H2,1H3. The largest absolute Gasteiger partial charge is 0.374 e. The van der Waals surface area contributed by atoms with Gasteiger partial charge in [0.2, 0.25) is 5.91 Å². The van der Waals surface area contributed by atoms with Crippen LogP contribution in [0.25, 0.3) is 10.9 Å². The fraction of sp³-hybridized carbons (Fsp3) is 0.348. The fourth-order valence-electron chi connectivity index (χ4n) is 3.71. The number of aromatic nitrogens is 1. The van der Waals surface area contributed by atoms with E-state index >= 15 is 0 Å². The molecule has 1 atom stereocenters. The van der Waals surface area contributed by atoms with E-state index in [1.807, 2.05) is 35.4 Å². The smallest absolute Gasteiger partial charge is 0.227 e. The number of aromatic amines is 1. The molecule has 3 aromatic rings. The molecule has 0 spiro atoms. The second-order valence-electron chi connectivity index (χ2n) is 7.37. The maximum absolute atomic E-state index is 12.8. The Kier molecular flexibility index (Phi) is 5.74. The van der Waals surface area contributed by atoms with Crippen LogP contribution in [-0.2, 0) is 27.3 Å². The molecule has 1 aromatic heterocycles. The van der Waals surface area contributed by atoms with Crippen LogP contribution in [0.2, 0.25) is 0 Å². The fourth-order valence-corrected chi connectivity index (χ4v) is 3.71. The van der Waals surface area contributed by atoms with Crippen LogP contribution in [0.1, 0.15) is 16.7 Å². The number of ether oxygens (including phenoxy) is 2. The Hall–Kier alpha value is -2.63. The first-order chi connectivity index (χ1) is 13.7. The van der Waals surface area contributed by atoms with Crippen molar-refractivity contribution >= 4 is 16.8 Å². The highest BCUT2D eigenvalue weighted by molar-refractivity contribution is 5.88. The van der Waals surface area contributed by atoms with Gasteiger partial charge in [-0.3, -0.25) is 4.79 Å². The Labute approximate surface area is 165 Å². The number of fused-ring (bicyclic) bond motifs is 1. The number of carbonyl (C=O) groups is 1. The lowest BCUT2D eigenvalue weighted by Gasteiger charge is -2.33. The summed E-state index contributed by atoms with van der Waals surface area (Å²) in [6.07, 6.45) is 2.26. The summed E-state index contributed by atoms with van der Waals surface area (Å²) in [6.45, 7) is 4.89. The predicted molar refractivity (Wildman–Crippen MR) is 109 cm³/mol. The number of carbonyl (C=O) groups excluding carboxylic acids is 1. The zero-order valence-electron chi connectivity index (χ0n) is 16.2. The zero-order chi connectivity index (χ0) is 19.3. The third kappa shape index (κ3) is 4.43. The molecule has 5 nitrogen and oxygen atoms in total. The van der Waals surface area contributed by atoms with Crippen molar-refractivity contribution in [1.29, 1.82) is 0 Å². The molecular formula is C23H26N2O3. The number of amides is 1. The van der Waals surface area contributed by atoms with Crippen LogP contribution in [0, 0.1) is 6.92 Å². The van der Waals surface area contributed by atoms with E-state index in [1.165, 1.54) is 5.56 Å². The number of morpholine rings is 1. The van der Waals surface area contributed by atoms with Gasteiger partial charge in [0.15, 0.2) is 0 Å². The number of para-hydroxylation sites is 1. The number of nitrogens with zero attached hydrogens (tertiary/aromatic N) is 1. The minimum Gasteiger partial charge on any atom is -0.374 e. The highest BCUT2D eigenvalue weighted by Crippen LogP contribution is 2.19. The minimum atomic E-state index is -0.0783. The molecule has 0 radical (unpaired) electrons. The van der Waals surface area contributed by atoms with Crippen LogP contribution in [0.15, 0.2) is 54.7 Å². The number of H-pyrrole nitrogens is 1. The van der Waals surface area contributed by atoms with Crippen molar-refractivity contribution < 1.29 is 14.3 Å². The molecule has 5 heteroatoms. The van der Waals surface area contributed by atoms with Crippen molar-refractivity contribution in [3.63, 3.8) is 0 Å². The molecule has 2 heterocycles. The van der Waals surface area contributed by atoms with Gasteiger partial charge >= 0.3 is 0 Å².